The normalized spacial score (nSPS) is 17.0. The zero-order chi connectivity index (χ0) is 19.6. The molecular formula is C19H22N2O4S2. The first-order valence-electron chi connectivity index (χ1n) is 8.89. The second-order valence-electron chi connectivity index (χ2n) is 6.64. The third kappa shape index (κ3) is 4.39. The van der Waals surface area contributed by atoms with Crippen LogP contribution in [0.5, 0.6) is 0 Å². The molecule has 2 atom stereocenters. The Morgan fingerprint density at radius 1 is 1.41 bits per heavy atom. The quantitative estimate of drug-likeness (QED) is 0.716. The Hall–Kier alpha value is -2.19. The van der Waals surface area contributed by atoms with Gasteiger partial charge < -0.3 is 15.8 Å². The summed E-state index contributed by atoms with van der Waals surface area (Å²) in [5.74, 6) is -0.941. The van der Waals surface area contributed by atoms with Gasteiger partial charge in [0, 0.05) is 4.88 Å². The number of nitrogens with one attached hydrogen (secondary N) is 1. The van der Waals surface area contributed by atoms with Crippen LogP contribution < -0.4 is 11.1 Å². The number of hydrogen-bond donors (Lipinski definition) is 2. The van der Waals surface area contributed by atoms with Gasteiger partial charge in [0.1, 0.15) is 9.88 Å². The van der Waals surface area contributed by atoms with Crippen LogP contribution in [0.1, 0.15) is 57.2 Å². The zero-order valence-electron chi connectivity index (χ0n) is 15.2. The van der Waals surface area contributed by atoms with Crippen LogP contribution >= 0.6 is 22.7 Å². The van der Waals surface area contributed by atoms with Gasteiger partial charge >= 0.3 is 5.97 Å². The average Bonchev–Trinajstić information content (AvgIpc) is 3.27. The summed E-state index contributed by atoms with van der Waals surface area (Å²) in [7, 11) is 0. The number of carbonyl (C=O) groups is 3. The van der Waals surface area contributed by atoms with Gasteiger partial charge in [0.25, 0.3) is 11.8 Å². The molecule has 144 valence electrons. The van der Waals surface area contributed by atoms with Crippen molar-refractivity contribution in [3.05, 3.63) is 38.4 Å². The van der Waals surface area contributed by atoms with Gasteiger partial charge in [0.15, 0.2) is 6.10 Å². The molecule has 0 aliphatic heterocycles. The Labute approximate surface area is 165 Å². The molecule has 1 aliphatic rings. The lowest BCUT2D eigenvalue weighted by molar-refractivity contribution is -0.123. The predicted molar refractivity (Wildman–Crippen MR) is 106 cm³/mol. The molecule has 3 N–H and O–H groups in total. The highest BCUT2D eigenvalue weighted by Gasteiger charge is 2.25. The average molecular weight is 407 g/mol. The van der Waals surface area contributed by atoms with Crippen molar-refractivity contribution in [1.29, 1.82) is 0 Å². The Morgan fingerprint density at radius 3 is 2.89 bits per heavy atom. The van der Waals surface area contributed by atoms with Crippen molar-refractivity contribution in [3.63, 3.8) is 0 Å². The van der Waals surface area contributed by atoms with Crippen molar-refractivity contribution in [2.45, 2.75) is 45.6 Å². The highest BCUT2D eigenvalue weighted by atomic mass is 32.1. The molecular weight excluding hydrogens is 384 g/mol. The molecule has 0 saturated heterocycles. The van der Waals surface area contributed by atoms with Crippen LogP contribution in [0.25, 0.3) is 0 Å². The number of aryl methyl sites for hydroxylation is 1. The van der Waals surface area contributed by atoms with E-state index >= 15 is 0 Å². The van der Waals surface area contributed by atoms with E-state index in [9.17, 15) is 14.4 Å². The molecule has 0 aromatic carbocycles. The highest BCUT2D eigenvalue weighted by Crippen LogP contribution is 2.34. The van der Waals surface area contributed by atoms with Crippen molar-refractivity contribution in [2.75, 3.05) is 5.32 Å². The van der Waals surface area contributed by atoms with Crippen molar-refractivity contribution in [2.24, 2.45) is 11.7 Å². The number of amides is 2. The first kappa shape index (κ1) is 19.6. The van der Waals surface area contributed by atoms with E-state index in [0.29, 0.717) is 15.8 Å². The van der Waals surface area contributed by atoms with Gasteiger partial charge in [-0.25, -0.2) is 4.79 Å². The zero-order valence-corrected chi connectivity index (χ0v) is 16.9. The molecule has 2 aromatic rings. The number of ether oxygens (including phenoxy) is 1. The maximum absolute atomic E-state index is 12.4. The van der Waals surface area contributed by atoms with E-state index in [2.05, 4.69) is 12.2 Å². The lowest BCUT2D eigenvalue weighted by Gasteiger charge is -2.19. The third-order valence-corrected chi connectivity index (χ3v) is 6.83. The lowest BCUT2D eigenvalue weighted by atomic mass is 9.87. The fourth-order valence-electron chi connectivity index (χ4n) is 3.13. The molecule has 2 amide bonds. The second kappa shape index (κ2) is 8.22. The number of thiophene rings is 2. The minimum absolute atomic E-state index is 0.239. The fourth-order valence-corrected chi connectivity index (χ4v) is 5.02. The van der Waals surface area contributed by atoms with Crippen LogP contribution in [0.4, 0.5) is 5.00 Å². The lowest BCUT2D eigenvalue weighted by Crippen LogP contribution is -2.30. The number of fused-ring (bicyclic) bond motifs is 1. The molecule has 27 heavy (non-hydrogen) atoms. The summed E-state index contributed by atoms with van der Waals surface area (Å²) < 4.78 is 5.33. The minimum Gasteiger partial charge on any atom is -0.448 e. The van der Waals surface area contributed by atoms with Crippen LogP contribution in [0.2, 0.25) is 0 Å². The molecule has 0 saturated carbocycles. The largest absolute Gasteiger partial charge is 0.448 e. The molecule has 1 aliphatic carbocycles. The number of anilines is 1. The molecule has 2 aromatic heterocycles. The topological polar surface area (TPSA) is 98.5 Å². The number of rotatable bonds is 6. The smallest absolute Gasteiger partial charge is 0.349 e. The summed E-state index contributed by atoms with van der Waals surface area (Å²) >= 11 is 2.64. The summed E-state index contributed by atoms with van der Waals surface area (Å²) in [4.78, 5) is 37.8. The fraction of sp³-hybridized carbons (Fsp3) is 0.421. The standard InChI is InChI=1S/C19H22N2O4S2/c1-3-11-4-5-14-12(8-11)9-15(27-14)19(24)25-10(2)17(23)21-18-13(16(20)22)6-7-26-18/h6-7,9-11H,3-5,8H2,1-2H3,(H2,20,22)(H,21,23)/t10-,11+/m1/s1. The Bertz CT molecular complexity index is 871. The van der Waals surface area contributed by atoms with Crippen LogP contribution in [-0.4, -0.2) is 23.9 Å². The molecule has 6 nitrogen and oxygen atoms in total. The second-order valence-corrected chi connectivity index (χ2v) is 8.69. The molecule has 2 heterocycles. The van der Waals surface area contributed by atoms with Crippen LogP contribution in [0.3, 0.4) is 0 Å². The van der Waals surface area contributed by atoms with Crippen molar-refractivity contribution in [1.82, 2.24) is 0 Å². The number of nitrogens with two attached hydrogens (primary N) is 1. The summed E-state index contributed by atoms with van der Waals surface area (Å²) in [6, 6.07) is 3.44. The van der Waals surface area contributed by atoms with Gasteiger partial charge in [-0.15, -0.1) is 22.7 Å². The predicted octanol–water partition coefficient (Wildman–Crippen LogP) is 3.61. The molecule has 0 bridgehead atoms. The van der Waals surface area contributed by atoms with E-state index < -0.39 is 23.9 Å². The molecule has 0 spiro atoms. The summed E-state index contributed by atoms with van der Waals surface area (Å²) in [6.45, 7) is 3.69. The van der Waals surface area contributed by atoms with Crippen molar-refractivity contribution in [3.8, 4) is 0 Å². The van der Waals surface area contributed by atoms with E-state index in [-0.39, 0.29) is 5.56 Å². The van der Waals surface area contributed by atoms with Crippen LogP contribution in [0, 0.1) is 5.92 Å². The van der Waals surface area contributed by atoms with Gasteiger partial charge in [-0.2, -0.15) is 0 Å². The molecule has 0 radical (unpaired) electrons. The first-order chi connectivity index (χ1) is 12.9. The van der Waals surface area contributed by atoms with Gasteiger partial charge in [0.2, 0.25) is 0 Å². The van der Waals surface area contributed by atoms with E-state index in [1.54, 1.807) is 11.4 Å². The molecule has 3 rings (SSSR count). The van der Waals surface area contributed by atoms with E-state index in [0.717, 1.165) is 25.7 Å². The van der Waals surface area contributed by atoms with Crippen molar-refractivity contribution >= 4 is 45.5 Å². The van der Waals surface area contributed by atoms with E-state index in [1.165, 1.54) is 40.0 Å². The molecule has 8 heteroatoms. The number of hydrogen-bond acceptors (Lipinski definition) is 6. The monoisotopic (exact) mass is 406 g/mol. The molecule has 0 fully saturated rings. The Kier molecular flexibility index (Phi) is 5.96. The summed E-state index contributed by atoms with van der Waals surface area (Å²) in [5, 5.41) is 4.61. The van der Waals surface area contributed by atoms with E-state index in [4.69, 9.17) is 10.5 Å². The van der Waals surface area contributed by atoms with Gasteiger partial charge in [0.05, 0.1) is 5.56 Å². The maximum Gasteiger partial charge on any atom is 0.349 e. The Balaban J connectivity index is 1.62. The van der Waals surface area contributed by atoms with Gasteiger partial charge in [-0.05, 0) is 55.2 Å². The van der Waals surface area contributed by atoms with Crippen LogP contribution in [0.15, 0.2) is 17.5 Å². The maximum atomic E-state index is 12.4. The van der Waals surface area contributed by atoms with E-state index in [1.807, 2.05) is 6.07 Å². The molecule has 0 unspecified atom stereocenters. The summed E-state index contributed by atoms with van der Waals surface area (Å²) in [6.07, 6.45) is 3.31. The third-order valence-electron chi connectivity index (χ3n) is 4.78. The van der Waals surface area contributed by atoms with Crippen molar-refractivity contribution < 1.29 is 19.1 Å². The van der Waals surface area contributed by atoms with Gasteiger partial charge in [-0.1, -0.05) is 13.3 Å². The number of primary amides is 1. The Morgan fingerprint density at radius 2 is 2.19 bits per heavy atom. The SMILES string of the molecule is CC[C@H]1CCc2sc(C(=O)O[C@H](C)C(=O)Nc3sccc3C(N)=O)cc2C1. The number of esters is 1. The van der Waals surface area contributed by atoms with Crippen LogP contribution in [-0.2, 0) is 22.4 Å². The first-order valence-corrected chi connectivity index (χ1v) is 10.6. The minimum atomic E-state index is -0.983. The highest BCUT2D eigenvalue weighted by molar-refractivity contribution is 7.15. The number of carbonyl (C=O) groups excluding carboxylic acids is 3. The summed E-state index contributed by atoms with van der Waals surface area (Å²) in [5.41, 5.74) is 6.74. The van der Waals surface area contributed by atoms with Gasteiger partial charge in [-0.3, -0.25) is 9.59 Å².